The van der Waals surface area contributed by atoms with Crippen LogP contribution in [0.1, 0.15) is 13.8 Å². The Morgan fingerprint density at radius 3 is 2.83 bits per heavy atom. The van der Waals surface area contributed by atoms with Gasteiger partial charge in [-0.05, 0) is 27.6 Å². The number of halogens is 3. The summed E-state index contributed by atoms with van der Waals surface area (Å²) in [5.74, 6) is -0.0802. The molecule has 0 bridgehead atoms. The minimum Gasteiger partial charge on any atom is -0.488 e. The second kappa shape index (κ2) is 7.12. The Bertz CT molecular complexity index is 437. The second-order valence-corrected chi connectivity index (χ2v) is 5.53. The van der Waals surface area contributed by atoms with E-state index in [1.54, 1.807) is 0 Å². The van der Waals surface area contributed by atoms with Crippen molar-refractivity contribution < 1.29 is 9.13 Å². The molecule has 0 aliphatic carbocycles. The van der Waals surface area contributed by atoms with Gasteiger partial charge in [-0.1, -0.05) is 32.0 Å². The summed E-state index contributed by atoms with van der Waals surface area (Å²) < 4.78 is 19.4. The monoisotopic (exact) mass is 335 g/mol. The maximum atomic E-state index is 13.3. The second-order valence-electron chi connectivity index (χ2n) is 4.27. The molecule has 0 saturated heterocycles. The predicted octanol–water partition coefficient (Wildman–Crippen LogP) is 4.17. The van der Waals surface area contributed by atoms with E-state index in [0.29, 0.717) is 29.4 Å². The first-order chi connectivity index (χ1) is 8.40. The van der Waals surface area contributed by atoms with Crippen LogP contribution >= 0.6 is 27.5 Å². The number of hydrogen-bond acceptors (Lipinski definition) is 2. The summed E-state index contributed by atoms with van der Waals surface area (Å²) in [5.41, 5.74) is 0.894. The van der Waals surface area contributed by atoms with Crippen LogP contribution in [-0.2, 0) is 0 Å². The van der Waals surface area contributed by atoms with Crippen LogP contribution in [0.2, 0.25) is 5.02 Å². The molecule has 2 nitrogen and oxygen atoms in total. The number of nitrogens with one attached hydrogen (secondary N) is 1. The van der Waals surface area contributed by atoms with E-state index in [4.69, 9.17) is 16.3 Å². The van der Waals surface area contributed by atoms with Gasteiger partial charge in [-0.2, -0.15) is 0 Å². The van der Waals surface area contributed by atoms with Gasteiger partial charge in [0.2, 0.25) is 0 Å². The van der Waals surface area contributed by atoms with Gasteiger partial charge in [0.15, 0.2) is 0 Å². The third-order valence-corrected chi connectivity index (χ3v) is 3.08. The Balaban J connectivity index is 2.53. The maximum absolute atomic E-state index is 13.3. The van der Waals surface area contributed by atoms with Crippen LogP contribution in [0.3, 0.4) is 0 Å². The standard InChI is InChI=1S/C13H16BrClFNO/c1-8(2)17-6-9(3)7-18-13-5-12(16)11(15)4-10(13)14/h4-5,8,17H,3,6-7H2,1-2H3. The SMILES string of the molecule is C=C(CNC(C)C)COc1cc(F)c(Cl)cc1Br. The van der Waals surface area contributed by atoms with Crippen LogP contribution in [-0.4, -0.2) is 19.2 Å². The number of ether oxygens (including phenoxy) is 1. The molecule has 0 saturated carbocycles. The van der Waals surface area contributed by atoms with Crippen molar-refractivity contribution in [1.29, 1.82) is 0 Å². The first-order valence-corrected chi connectivity index (χ1v) is 6.74. The van der Waals surface area contributed by atoms with Crippen molar-refractivity contribution in [3.05, 3.63) is 39.6 Å². The van der Waals surface area contributed by atoms with Gasteiger partial charge in [0, 0.05) is 18.7 Å². The van der Waals surface area contributed by atoms with Crippen molar-refractivity contribution in [2.24, 2.45) is 0 Å². The molecular formula is C13H16BrClFNO. The third-order valence-electron chi connectivity index (χ3n) is 2.17. The fraction of sp³-hybridized carbons (Fsp3) is 0.385. The van der Waals surface area contributed by atoms with Gasteiger partial charge in [0.1, 0.15) is 18.2 Å². The molecule has 18 heavy (non-hydrogen) atoms. The Morgan fingerprint density at radius 1 is 1.56 bits per heavy atom. The van der Waals surface area contributed by atoms with E-state index < -0.39 is 5.82 Å². The van der Waals surface area contributed by atoms with Crippen LogP contribution in [0.5, 0.6) is 5.75 Å². The van der Waals surface area contributed by atoms with Gasteiger partial charge in [-0.3, -0.25) is 0 Å². The highest BCUT2D eigenvalue weighted by atomic mass is 79.9. The summed E-state index contributed by atoms with van der Waals surface area (Å²) in [4.78, 5) is 0. The number of benzene rings is 1. The molecule has 0 aromatic heterocycles. The summed E-state index contributed by atoms with van der Waals surface area (Å²) in [6.07, 6.45) is 0. The number of hydrogen-bond donors (Lipinski definition) is 1. The average molecular weight is 337 g/mol. The van der Waals surface area contributed by atoms with Crippen molar-refractivity contribution >= 4 is 27.5 Å². The molecule has 0 aliphatic rings. The molecule has 0 aliphatic heterocycles. The lowest BCUT2D eigenvalue weighted by Gasteiger charge is -2.13. The van der Waals surface area contributed by atoms with Gasteiger partial charge < -0.3 is 10.1 Å². The highest BCUT2D eigenvalue weighted by Gasteiger charge is 2.08. The summed E-state index contributed by atoms with van der Waals surface area (Å²) in [5, 5.41) is 3.29. The van der Waals surface area contributed by atoms with E-state index in [1.165, 1.54) is 12.1 Å². The molecule has 1 aromatic carbocycles. The molecule has 100 valence electrons. The largest absolute Gasteiger partial charge is 0.488 e. The van der Waals surface area contributed by atoms with Crippen LogP contribution < -0.4 is 10.1 Å². The molecule has 0 amide bonds. The molecule has 0 radical (unpaired) electrons. The van der Waals surface area contributed by atoms with Crippen molar-refractivity contribution in [1.82, 2.24) is 5.32 Å². The zero-order valence-corrected chi connectivity index (χ0v) is 12.7. The molecule has 0 fully saturated rings. The van der Waals surface area contributed by atoms with E-state index in [9.17, 15) is 4.39 Å². The molecule has 0 atom stereocenters. The summed E-state index contributed by atoms with van der Waals surface area (Å²) in [6, 6.07) is 3.12. The molecule has 1 N–H and O–H groups in total. The van der Waals surface area contributed by atoms with E-state index in [-0.39, 0.29) is 5.02 Å². The van der Waals surface area contributed by atoms with E-state index in [2.05, 4.69) is 41.7 Å². The summed E-state index contributed by atoms with van der Waals surface area (Å²) in [7, 11) is 0. The van der Waals surface area contributed by atoms with Crippen molar-refractivity contribution in [2.45, 2.75) is 19.9 Å². The molecule has 1 rings (SSSR count). The molecule has 5 heteroatoms. The normalized spacial score (nSPS) is 10.8. The Morgan fingerprint density at radius 2 is 2.22 bits per heavy atom. The molecule has 0 spiro atoms. The fourth-order valence-corrected chi connectivity index (χ4v) is 1.95. The first kappa shape index (κ1) is 15.5. The lowest BCUT2D eigenvalue weighted by atomic mass is 10.3. The van der Waals surface area contributed by atoms with E-state index in [0.717, 1.165) is 5.57 Å². The quantitative estimate of drug-likeness (QED) is 0.622. The third kappa shape index (κ3) is 4.96. The maximum Gasteiger partial charge on any atom is 0.145 e. The summed E-state index contributed by atoms with van der Waals surface area (Å²) >= 11 is 8.92. The van der Waals surface area contributed by atoms with Crippen molar-refractivity contribution in [2.75, 3.05) is 13.2 Å². The van der Waals surface area contributed by atoms with Crippen molar-refractivity contribution in [3.8, 4) is 5.75 Å². The van der Waals surface area contributed by atoms with E-state index in [1.807, 2.05) is 0 Å². The Labute approximate surface area is 120 Å². The van der Waals surface area contributed by atoms with Gasteiger partial charge >= 0.3 is 0 Å². The molecular weight excluding hydrogens is 321 g/mol. The summed E-state index contributed by atoms with van der Waals surface area (Å²) in [6.45, 7) is 9.00. The smallest absolute Gasteiger partial charge is 0.145 e. The Kier molecular flexibility index (Phi) is 6.12. The van der Waals surface area contributed by atoms with Crippen LogP contribution in [0.25, 0.3) is 0 Å². The average Bonchev–Trinajstić information content (AvgIpc) is 2.29. The van der Waals surface area contributed by atoms with Crippen LogP contribution in [0.4, 0.5) is 4.39 Å². The van der Waals surface area contributed by atoms with Crippen LogP contribution in [0.15, 0.2) is 28.8 Å². The number of rotatable bonds is 6. The van der Waals surface area contributed by atoms with Crippen LogP contribution in [0, 0.1) is 5.82 Å². The lowest BCUT2D eigenvalue weighted by molar-refractivity contribution is 0.343. The van der Waals surface area contributed by atoms with Gasteiger partial charge in [0.25, 0.3) is 0 Å². The zero-order chi connectivity index (χ0) is 13.7. The minimum atomic E-state index is -0.499. The topological polar surface area (TPSA) is 21.3 Å². The van der Waals surface area contributed by atoms with Gasteiger partial charge in [-0.25, -0.2) is 4.39 Å². The molecule has 1 aromatic rings. The zero-order valence-electron chi connectivity index (χ0n) is 10.4. The van der Waals surface area contributed by atoms with E-state index >= 15 is 0 Å². The van der Waals surface area contributed by atoms with Crippen molar-refractivity contribution in [3.63, 3.8) is 0 Å². The highest BCUT2D eigenvalue weighted by Crippen LogP contribution is 2.30. The van der Waals surface area contributed by atoms with Gasteiger partial charge in [-0.15, -0.1) is 0 Å². The lowest BCUT2D eigenvalue weighted by Crippen LogP contribution is -2.26. The minimum absolute atomic E-state index is 0.0644. The molecule has 0 heterocycles. The van der Waals surface area contributed by atoms with Gasteiger partial charge in [0.05, 0.1) is 9.50 Å². The Hall–Kier alpha value is -0.580. The predicted molar refractivity (Wildman–Crippen MR) is 76.9 cm³/mol. The highest BCUT2D eigenvalue weighted by molar-refractivity contribution is 9.10. The first-order valence-electron chi connectivity index (χ1n) is 5.57. The fourth-order valence-electron chi connectivity index (χ4n) is 1.19. The molecule has 0 unspecified atom stereocenters.